The molecule has 0 atom stereocenters. The zero-order valence-electron chi connectivity index (χ0n) is 15.7. The van der Waals surface area contributed by atoms with Crippen LogP contribution in [0.1, 0.15) is 25.0 Å². The van der Waals surface area contributed by atoms with E-state index in [9.17, 15) is 13.2 Å². The summed E-state index contributed by atoms with van der Waals surface area (Å²) < 4.78 is 39.6. The largest absolute Gasteiger partial charge is 0.416 e. The Hall–Kier alpha value is -3.16. The summed E-state index contributed by atoms with van der Waals surface area (Å²) in [5.41, 5.74) is 0.970. The zero-order valence-corrected chi connectivity index (χ0v) is 15.7. The first-order valence-electron chi connectivity index (χ1n) is 8.74. The Kier molecular flexibility index (Phi) is 5.48. The van der Waals surface area contributed by atoms with Crippen molar-refractivity contribution in [2.24, 2.45) is 0 Å². The van der Waals surface area contributed by atoms with Crippen LogP contribution in [0.15, 0.2) is 48.7 Å². The lowest BCUT2D eigenvalue weighted by atomic mass is 10.1. The van der Waals surface area contributed by atoms with Crippen molar-refractivity contribution in [1.29, 1.82) is 0 Å². The van der Waals surface area contributed by atoms with E-state index in [1.165, 1.54) is 13.0 Å². The molecule has 0 aliphatic heterocycles. The first kappa shape index (κ1) is 19.6. The van der Waals surface area contributed by atoms with Crippen molar-refractivity contribution in [3.8, 4) is 11.4 Å². The molecule has 5 nitrogen and oxygen atoms in total. The molecule has 3 aromatic rings. The van der Waals surface area contributed by atoms with Gasteiger partial charge in [-0.05, 0) is 50.6 Å². The van der Waals surface area contributed by atoms with Crippen LogP contribution in [0.25, 0.3) is 11.4 Å². The number of halogens is 3. The fourth-order valence-corrected chi connectivity index (χ4v) is 2.63. The minimum atomic E-state index is -4.42. The van der Waals surface area contributed by atoms with Gasteiger partial charge in [0.25, 0.3) is 0 Å². The molecule has 0 bridgehead atoms. The lowest BCUT2D eigenvalue weighted by molar-refractivity contribution is -0.138. The van der Waals surface area contributed by atoms with E-state index < -0.39 is 11.7 Å². The number of rotatable bonds is 5. The highest BCUT2D eigenvalue weighted by molar-refractivity contribution is 5.66. The van der Waals surface area contributed by atoms with Crippen LogP contribution >= 0.6 is 0 Å². The van der Waals surface area contributed by atoms with Gasteiger partial charge >= 0.3 is 6.18 Å². The van der Waals surface area contributed by atoms with Crippen LogP contribution in [0.2, 0.25) is 0 Å². The maximum absolute atomic E-state index is 13.2. The van der Waals surface area contributed by atoms with E-state index in [1.807, 2.05) is 19.9 Å². The van der Waals surface area contributed by atoms with Crippen LogP contribution in [0.4, 0.5) is 30.6 Å². The molecular weight excluding hydrogens is 367 g/mol. The molecule has 0 saturated heterocycles. The molecule has 0 fully saturated rings. The molecule has 0 aliphatic rings. The third-order valence-corrected chi connectivity index (χ3v) is 3.89. The second kappa shape index (κ2) is 7.84. The highest BCUT2D eigenvalue weighted by atomic mass is 19.4. The number of nitrogens with one attached hydrogen (secondary N) is 2. The summed E-state index contributed by atoms with van der Waals surface area (Å²) in [5, 5.41) is 6.06. The molecule has 146 valence electrons. The Morgan fingerprint density at radius 2 is 1.75 bits per heavy atom. The first-order valence-corrected chi connectivity index (χ1v) is 8.74. The predicted octanol–water partition coefficient (Wildman–Crippen LogP) is 5.43. The Bertz CT molecular complexity index is 956. The molecule has 3 rings (SSSR count). The van der Waals surface area contributed by atoms with Crippen molar-refractivity contribution in [3.05, 3.63) is 59.8 Å². The average Bonchev–Trinajstić information content (AvgIpc) is 2.62. The molecule has 0 aliphatic carbocycles. The SMILES string of the molecule is Cc1ccc(Nc2cc(-c3ccccn3)nc(NC(C)C)n2)cc1C(F)(F)F. The Morgan fingerprint density at radius 1 is 0.964 bits per heavy atom. The number of hydrogen-bond donors (Lipinski definition) is 2. The first-order chi connectivity index (χ1) is 13.2. The van der Waals surface area contributed by atoms with Gasteiger partial charge in [0, 0.05) is 24.0 Å². The van der Waals surface area contributed by atoms with Gasteiger partial charge in [-0.25, -0.2) is 4.98 Å². The van der Waals surface area contributed by atoms with Gasteiger partial charge in [-0.15, -0.1) is 0 Å². The van der Waals surface area contributed by atoms with E-state index in [-0.39, 0.29) is 11.6 Å². The second-order valence-electron chi connectivity index (χ2n) is 6.63. The van der Waals surface area contributed by atoms with Crippen LogP contribution in [0, 0.1) is 6.92 Å². The summed E-state index contributed by atoms with van der Waals surface area (Å²) in [5.74, 6) is 0.736. The van der Waals surface area contributed by atoms with Gasteiger partial charge in [0.1, 0.15) is 5.82 Å². The molecule has 2 aromatic heterocycles. The monoisotopic (exact) mass is 387 g/mol. The van der Waals surface area contributed by atoms with Crippen molar-refractivity contribution in [2.45, 2.75) is 33.0 Å². The van der Waals surface area contributed by atoms with E-state index in [0.717, 1.165) is 6.07 Å². The van der Waals surface area contributed by atoms with E-state index >= 15 is 0 Å². The normalized spacial score (nSPS) is 11.5. The third kappa shape index (κ3) is 4.76. The summed E-state index contributed by atoms with van der Waals surface area (Å²) >= 11 is 0. The summed E-state index contributed by atoms with van der Waals surface area (Å²) in [6.45, 7) is 5.32. The smallest absolute Gasteiger partial charge is 0.352 e. The van der Waals surface area contributed by atoms with Crippen molar-refractivity contribution >= 4 is 17.5 Å². The summed E-state index contributed by atoms with van der Waals surface area (Å²) in [7, 11) is 0. The number of benzene rings is 1. The average molecular weight is 387 g/mol. The van der Waals surface area contributed by atoms with Gasteiger partial charge in [0.15, 0.2) is 0 Å². The van der Waals surface area contributed by atoms with Crippen LogP contribution in [-0.4, -0.2) is 21.0 Å². The molecule has 8 heteroatoms. The van der Waals surface area contributed by atoms with Crippen LogP contribution in [0.3, 0.4) is 0 Å². The lowest BCUT2D eigenvalue weighted by Gasteiger charge is -2.15. The maximum atomic E-state index is 13.2. The van der Waals surface area contributed by atoms with Gasteiger partial charge in [-0.2, -0.15) is 18.2 Å². The number of aromatic nitrogens is 3. The minimum Gasteiger partial charge on any atom is -0.352 e. The summed E-state index contributed by atoms with van der Waals surface area (Å²) in [6, 6.07) is 11.3. The topological polar surface area (TPSA) is 62.7 Å². The Morgan fingerprint density at radius 3 is 2.39 bits per heavy atom. The molecule has 28 heavy (non-hydrogen) atoms. The van der Waals surface area contributed by atoms with Crippen molar-refractivity contribution in [2.75, 3.05) is 10.6 Å². The van der Waals surface area contributed by atoms with Gasteiger partial charge < -0.3 is 10.6 Å². The third-order valence-electron chi connectivity index (χ3n) is 3.89. The highest BCUT2D eigenvalue weighted by Crippen LogP contribution is 2.34. The molecule has 0 spiro atoms. The van der Waals surface area contributed by atoms with Crippen LogP contribution < -0.4 is 10.6 Å². The number of alkyl halides is 3. The molecule has 0 saturated carbocycles. The number of nitrogens with zero attached hydrogens (tertiary/aromatic N) is 3. The number of hydrogen-bond acceptors (Lipinski definition) is 5. The van der Waals surface area contributed by atoms with Crippen molar-refractivity contribution in [1.82, 2.24) is 15.0 Å². The zero-order chi connectivity index (χ0) is 20.3. The molecule has 0 unspecified atom stereocenters. The lowest BCUT2D eigenvalue weighted by Crippen LogP contribution is -2.13. The van der Waals surface area contributed by atoms with Gasteiger partial charge in [0.2, 0.25) is 5.95 Å². The second-order valence-corrected chi connectivity index (χ2v) is 6.63. The summed E-state index contributed by atoms with van der Waals surface area (Å²) in [6.07, 6.45) is -2.77. The number of pyridine rings is 1. The molecule has 1 aromatic carbocycles. The van der Waals surface area contributed by atoms with E-state index in [2.05, 4.69) is 25.6 Å². The van der Waals surface area contributed by atoms with Crippen LogP contribution in [-0.2, 0) is 6.18 Å². The standard InChI is InChI=1S/C20H20F3N5/c1-12(2)25-19-27-17(16-6-4-5-9-24-16)11-18(28-19)26-14-8-7-13(3)15(10-14)20(21,22)23/h4-12H,1-3H3,(H2,25,26,27,28). The van der Waals surface area contributed by atoms with Crippen LogP contribution in [0.5, 0.6) is 0 Å². The quantitative estimate of drug-likeness (QED) is 0.611. The van der Waals surface area contributed by atoms with Gasteiger partial charge in [-0.3, -0.25) is 4.98 Å². The fourth-order valence-electron chi connectivity index (χ4n) is 2.63. The predicted molar refractivity (Wildman–Crippen MR) is 103 cm³/mol. The molecular formula is C20H20F3N5. The fraction of sp³-hybridized carbons (Fsp3) is 0.250. The Labute approximate surface area is 161 Å². The molecule has 0 radical (unpaired) electrons. The van der Waals surface area contributed by atoms with E-state index in [1.54, 1.807) is 30.5 Å². The number of anilines is 3. The van der Waals surface area contributed by atoms with E-state index in [4.69, 9.17) is 0 Å². The number of aryl methyl sites for hydroxylation is 1. The molecule has 2 N–H and O–H groups in total. The van der Waals surface area contributed by atoms with Gasteiger partial charge in [-0.1, -0.05) is 12.1 Å². The van der Waals surface area contributed by atoms with Crippen molar-refractivity contribution in [3.63, 3.8) is 0 Å². The van der Waals surface area contributed by atoms with Crippen molar-refractivity contribution < 1.29 is 13.2 Å². The maximum Gasteiger partial charge on any atom is 0.416 e. The molecule has 2 heterocycles. The highest BCUT2D eigenvalue weighted by Gasteiger charge is 2.32. The molecule has 0 amide bonds. The minimum absolute atomic E-state index is 0.0861. The summed E-state index contributed by atoms with van der Waals surface area (Å²) in [4.78, 5) is 13.1. The van der Waals surface area contributed by atoms with Gasteiger partial charge in [0.05, 0.1) is 17.0 Å². The van der Waals surface area contributed by atoms with E-state index in [0.29, 0.717) is 28.8 Å². The Balaban J connectivity index is 1.99.